The largest absolute Gasteiger partial charge is 0.394 e. The Hall–Kier alpha value is -0.680. The van der Waals surface area contributed by atoms with Gasteiger partial charge in [0.25, 0.3) is 0 Å². The summed E-state index contributed by atoms with van der Waals surface area (Å²) in [6, 6.07) is 1.88. The molecule has 0 spiro atoms. The van der Waals surface area contributed by atoms with Crippen molar-refractivity contribution in [1.29, 1.82) is 0 Å². The Labute approximate surface area is 117 Å². The highest BCUT2D eigenvalue weighted by Gasteiger charge is 2.12. The predicted octanol–water partition coefficient (Wildman–Crippen LogP) is 3.18. The van der Waals surface area contributed by atoms with E-state index in [1.165, 1.54) is 0 Å². The third kappa shape index (κ3) is 4.90. The van der Waals surface area contributed by atoms with Crippen LogP contribution < -0.4 is 5.32 Å². The van der Waals surface area contributed by atoms with Gasteiger partial charge in [-0.05, 0) is 28.3 Å². The maximum Gasteiger partial charge on any atom is 0.134 e. The molecule has 0 aliphatic carbocycles. The molecule has 2 N–H and O–H groups in total. The molecule has 0 aliphatic rings. The van der Waals surface area contributed by atoms with Gasteiger partial charge in [-0.2, -0.15) is 0 Å². The summed E-state index contributed by atoms with van der Waals surface area (Å²) in [5, 5.41) is 12.6. The van der Waals surface area contributed by atoms with Crippen LogP contribution in [0.5, 0.6) is 0 Å². The van der Waals surface area contributed by atoms with Crippen molar-refractivity contribution >= 4 is 21.7 Å². The molecular formula is C13H22BrN3O. The topological polar surface area (TPSA) is 58.0 Å². The molecule has 4 nitrogen and oxygen atoms in total. The van der Waals surface area contributed by atoms with Crippen LogP contribution in [0.3, 0.4) is 0 Å². The van der Waals surface area contributed by atoms with E-state index < -0.39 is 0 Å². The van der Waals surface area contributed by atoms with Gasteiger partial charge in [0.05, 0.1) is 12.6 Å². The molecule has 0 fully saturated rings. The Morgan fingerprint density at radius 3 is 2.44 bits per heavy atom. The molecule has 1 heterocycles. The van der Waals surface area contributed by atoms with E-state index in [4.69, 9.17) is 0 Å². The van der Waals surface area contributed by atoms with Crippen molar-refractivity contribution in [1.82, 2.24) is 9.97 Å². The van der Waals surface area contributed by atoms with Gasteiger partial charge in [-0.15, -0.1) is 0 Å². The lowest BCUT2D eigenvalue weighted by molar-refractivity contribution is 0.259. The van der Waals surface area contributed by atoms with Crippen molar-refractivity contribution in [2.45, 2.75) is 46.1 Å². The highest BCUT2D eigenvalue weighted by atomic mass is 79.9. The molecule has 0 amide bonds. The van der Waals surface area contributed by atoms with Gasteiger partial charge < -0.3 is 10.4 Å². The second-order valence-corrected chi connectivity index (χ2v) is 6.05. The maximum atomic E-state index is 9.37. The lowest BCUT2D eigenvalue weighted by atomic mass is 10.0. The summed E-state index contributed by atoms with van der Waals surface area (Å²) in [4.78, 5) is 8.80. The number of rotatable bonds is 6. The van der Waals surface area contributed by atoms with Crippen LogP contribution in [0.4, 0.5) is 5.82 Å². The molecule has 1 aromatic rings. The maximum absolute atomic E-state index is 9.37. The summed E-state index contributed by atoms with van der Waals surface area (Å²) in [6.45, 7) is 8.50. The van der Waals surface area contributed by atoms with Gasteiger partial charge >= 0.3 is 0 Å². The van der Waals surface area contributed by atoms with E-state index >= 15 is 0 Å². The van der Waals surface area contributed by atoms with Crippen LogP contribution in [0.15, 0.2) is 10.7 Å². The summed E-state index contributed by atoms with van der Waals surface area (Å²) in [7, 11) is 0. The summed E-state index contributed by atoms with van der Waals surface area (Å²) in [5.41, 5.74) is 0. The zero-order valence-electron chi connectivity index (χ0n) is 11.4. The molecule has 102 valence electrons. The van der Waals surface area contributed by atoms with Crippen molar-refractivity contribution in [3.8, 4) is 0 Å². The standard InChI is InChI=1S/C13H22BrN3O/c1-8(2)5-10(7-18)15-12-6-11(14)16-13(17-12)9(3)4/h6,8-10,18H,5,7H2,1-4H3,(H,15,16,17). The van der Waals surface area contributed by atoms with Crippen LogP contribution in [0.2, 0.25) is 0 Å². The number of hydrogen-bond donors (Lipinski definition) is 2. The molecule has 1 rings (SSSR count). The minimum Gasteiger partial charge on any atom is -0.394 e. The molecule has 18 heavy (non-hydrogen) atoms. The SMILES string of the molecule is CC(C)CC(CO)Nc1cc(Br)nc(C(C)C)n1. The Morgan fingerprint density at radius 2 is 1.94 bits per heavy atom. The Kier molecular flexibility index (Phi) is 6.02. The zero-order valence-corrected chi connectivity index (χ0v) is 13.0. The van der Waals surface area contributed by atoms with E-state index in [9.17, 15) is 5.11 Å². The van der Waals surface area contributed by atoms with E-state index in [0.29, 0.717) is 5.92 Å². The summed E-state index contributed by atoms with van der Waals surface area (Å²) in [6.07, 6.45) is 0.912. The highest BCUT2D eigenvalue weighted by Crippen LogP contribution is 2.19. The van der Waals surface area contributed by atoms with Gasteiger partial charge in [-0.25, -0.2) is 9.97 Å². The molecule has 0 radical (unpaired) electrons. The fourth-order valence-corrected chi connectivity index (χ4v) is 2.12. The zero-order chi connectivity index (χ0) is 13.7. The molecule has 0 aliphatic heterocycles. The Morgan fingerprint density at radius 1 is 1.28 bits per heavy atom. The minimum atomic E-state index is 0.0341. The first-order chi connectivity index (χ1) is 8.42. The molecule has 0 saturated carbocycles. The van der Waals surface area contributed by atoms with Crippen molar-refractivity contribution in [2.75, 3.05) is 11.9 Å². The lowest BCUT2D eigenvalue weighted by Gasteiger charge is -2.19. The molecular weight excluding hydrogens is 294 g/mol. The van der Waals surface area contributed by atoms with Crippen LogP contribution in [0.1, 0.15) is 45.9 Å². The first kappa shape index (κ1) is 15.4. The lowest BCUT2D eigenvalue weighted by Crippen LogP contribution is -2.26. The van der Waals surface area contributed by atoms with E-state index in [2.05, 4.69) is 58.9 Å². The summed E-state index contributed by atoms with van der Waals surface area (Å²) >= 11 is 3.39. The fraction of sp³-hybridized carbons (Fsp3) is 0.692. The normalized spacial score (nSPS) is 13.1. The third-order valence-electron chi connectivity index (χ3n) is 2.56. The van der Waals surface area contributed by atoms with Gasteiger partial charge in [0.1, 0.15) is 16.2 Å². The van der Waals surface area contributed by atoms with Gasteiger partial charge in [0, 0.05) is 12.0 Å². The van der Waals surface area contributed by atoms with E-state index in [0.717, 1.165) is 22.7 Å². The number of hydrogen-bond acceptors (Lipinski definition) is 4. The second-order valence-electron chi connectivity index (χ2n) is 5.24. The molecule has 5 heteroatoms. The highest BCUT2D eigenvalue weighted by molar-refractivity contribution is 9.10. The number of halogens is 1. The molecule has 0 saturated heterocycles. The molecule has 1 unspecified atom stereocenters. The van der Waals surface area contributed by atoms with Gasteiger partial charge in [-0.1, -0.05) is 27.7 Å². The van der Waals surface area contributed by atoms with E-state index in [1.807, 2.05) is 6.07 Å². The van der Waals surface area contributed by atoms with Crippen molar-refractivity contribution in [3.05, 3.63) is 16.5 Å². The van der Waals surface area contributed by atoms with Crippen molar-refractivity contribution in [3.63, 3.8) is 0 Å². The molecule has 0 aromatic carbocycles. The molecule has 1 atom stereocenters. The smallest absolute Gasteiger partial charge is 0.134 e. The van der Waals surface area contributed by atoms with Crippen LogP contribution in [-0.4, -0.2) is 27.7 Å². The van der Waals surface area contributed by atoms with Gasteiger partial charge in [-0.3, -0.25) is 0 Å². The fourth-order valence-electron chi connectivity index (χ4n) is 1.72. The number of aliphatic hydroxyl groups is 1. The number of aromatic nitrogens is 2. The average molecular weight is 316 g/mol. The molecule has 0 bridgehead atoms. The van der Waals surface area contributed by atoms with Gasteiger partial charge in [0.15, 0.2) is 0 Å². The second kappa shape index (κ2) is 7.04. The van der Waals surface area contributed by atoms with Crippen molar-refractivity contribution < 1.29 is 5.11 Å². The van der Waals surface area contributed by atoms with Gasteiger partial charge in [0.2, 0.25) is 0 Å². The van der Waals surface area contributed by atoms with Crippen LogP contribution >= 0.6 is 15.9 Å². The quantitative estimate of drug-likeness (QED) is 0.792. The Bertz CT molecular complexity index is 382. The van der Waals surface area contributed by atoms with Crippen LogP contribution in [-0.2, 0) is 0 Å². The van der Waals surface area contributed by atoms with Crippen LogP contribution in [0.25, 0.3) is 0 Å². The number of nitrogens with zero attached hydrogens (tertiary/aromatic N) is 2. The summed E-state index contributed by atoms with van der Waals surface area (Å²) < 4.78 is 0.768. The first-order valence-electron chi connectivity index (χ1n) is 6.34. The average Bonchev–Trinajstić information content (AvgIpc) is 2.26. The number of nitrogens with one attached hydrogen (secondary N) is 1. The number of aliphatic hydroxyl groups excluding tert-OH is 1. The van der Waals surface area contributed by atoms with Crippen molar-refractivity contribution in [2.24, 2.45) is 5.92 Å². The van der Waals surface area contributed by atoms with E-state index in [-0.39, 0.29) is 18.6 Å². The summed E-state index contributed by atoms with van der Waals surface area (Å²) in [5.74, 6) is 2.37. The monoisotopic (exact) mass is 315 g/mol. The number of anilines is 1. The molecule has 1 aromatic heterocycles. The van der Waals surface area contributed by atoms with Crippen LogP contribution in [0, 0.1) is 5.92 Å². The minimum absolute atomic E-state index is 0.0341. The predicted molar refractivity (Wildman–Crippen MR) is 77.8 cm³/mol. The third-order valence-corrected chi connectivity index (χ3v) is 2.96. The Balaban J connectivity index is 2.82. The first-order valence-corrected chi connectivity index (χ1v) is 7.13. The van der Waals surface area contributed by atoms with E-state index in [1.54, 1.807) is 0 Å².